The minimum atomic E-state index is 0.589. The van der Waals surface area contributed by atoms with Gasteiger partial charge in [-0.3, -0.25) is 4.98 Å². The number of nitriles is 1. The number of hydrogen-bond acceptors (Lipinski definition) is 3. The molecule has 1 N–H and O–H groups in total. The average Bonchev–Trinajstić information content (AvgIpc) is 2.39. The smallest absolute Gasteiger partial charge is 0.101 e. The number of hydrogen-bond donors (Lipinski definition) is 1. The van der Waals surface area contributed by atoms with Crippen molar-refractivity contribution in [3.8, 4) is 17.2 Å². The Labute approximate surface area is 107 Å². The molecule has 0 aliphatic carbocycles. The SMILES string of the molecule is CNCc1ccc(-c2cncc(C#N)c2)c(C)c1. The number of aryl methyl sites for hydroxylation is 1. The molecule has 1 aromatic heterocycles. The van der Waals surface area contributed by atoms with Gasteiger partial charge in [0.2, 0.25) is 0 Å². The molecule has 0 unspecified atom stereocenters. The third-order valence-corrected chi connectivity index (χ3v) is 2.85. The summed E-state index contributed by atoms with van der Waals surface area (Å²) in [5.41, 5.74) is 5.15. The zero-order valence-corrected chi connectivity index (χ0v) is 10.6. The van der Waals surface area contributed by atoms with E-state index in [1.54, 1.807) is 12.4 Å². The van der Waals surface area contributed by atoms with E-state index in [9.17, 15) is 0 Å². The topological polar surface area (TPSA) is 48.7 Å². The fourth-order valence-electron chi connectivity index (χ4n) is 2.01. The van der Waals surface area contributed by atoms with Crippen LogP contribution in [0.5, 0.6) is 0 Å². The normalized spacial score (nSPS) is 10.1. The van der Waals surface area contributed by atoms with Crippen LogP contribution in [0.15, 0.2) is 36.7 Å². The van der Waals surface area contributed by atoms with Gasteiger partial charge in [-0.25, -0.2) is 0 Å². The van der Waals surface area contributed by atoms with Crippen molar-refractivity contribution in [1.82, 2.24) is 10.3 Å². The van der Waals surface area contributed by atoms with Gasteiger partial charge in [0, 0.05) is 24.5 Å². The maximum Gasteiger partial charge on any atom is 0.101 e. The fourth-order valence-corrected chi connectivity index (χ4v) is 2.01. The number of nitrogens with one attached hydrogen (secondary N) is 1. The summed E-state index contributed by atoms with van der Waals surface area (Å²) < 4.78 is 0. The lowest BCUT2D eigenvalue weighted by Crippen LogP contribution is -2.05. The molecule has 18 heavy (non-hydrogen) atoms. The minimum Gasteiger partial charge on any atom is -0.316 e. The first-order valence-electron chi connectivity index (χ1n) is 5.84. The van der Waals surface area contributed by atoms with Crippen molar-refractivity contribution in [3.63, 3.8) is 0 Å². The van der Waals surface area contributed by atoms with E-state index in [1.807, 2.05) is 13.1 Å². The predicted molar refractivity (Wildman–Crippen MR) is 71.9 cm³/mol. The van der Waals surface area contributed by atoms with Crippen LogP contribution in [0.1, 0.15) is 16.7 Å². The van der Waals surface area contributed by atoms with Gasteiger partial charge in [-0.2, -0.15) is 5.26 Å². The molecule has 3 nitrogen and oxygen atoms in total. The molecule has 0 radical (unpaired) electrons. The highest BCUT2D eigenvalue weighted by Crippen LogP contribution is 2.24. The van der Waals surface area contributed by atoms with Gasteiger partial charge in [0.05, 0.1) is 5.56 Å². The van der Waals surface area contributed by atoms with Crippen LogP contribution in [0.3, 0.4) is 0 Å². The lowest BCUT2D eigenvalue weighted by molar-refractivity contribution is 0.817. The summed E-state index contributed by atoms with van der Waals surface area (Å²) in [5.74, 6) is 0. The molecule has 0 saturated heterocycles. The van der Waals surface area contributed by atoms with Crippen molar-refractivity contribution in [1.29, 1.82) is 5.26 Å². The van der Waals surface area contributed by atoms with Gasteiger partial charge >= 0.3 is 0 Å². The lowest BCUT2D eigenvalue weighted by atomic mass is 9.99. The van der Waals surface area contributed by atoms with Crippen molar-refractivity contribution in [3.05, 3.63) is 53.3 Å². The summed E-state index contributed by atoms with van der Waals surface area (Å²) in [6, 6.07) is 10.3. The monoisotopic (exact) mass is 237 g/mol. The third kappa shape index (κ3) is 2.55. The predicted octanol–water partition coefficient (Wildman–Crippen LogP) is 2.65. The highest BCUT2D eigenvalue weighted by Gasteiger charge is 2.04. The van der Waals surface area contributed by atoms with E-state index < -0.39 is 0 Å². The fraction of sp³-hybridized carbons (Fsp3) is 0.200. The molecule has 2 rings (SSSR count). The molecular formula is C15H15N3. The third-order valence-electron chi connectivity index (χ3n) is 2.85. The highest BCUT2D eigenvalue weighted by molar-refractivity contribution is 5.67. The average molecular weight is 237 g/mol. The molecule has 0 saturated carbocycles. The van der Waals surface area contributed by atoms with Crippen molar-refractivity contribution < 1.29 is 0 Å². The van der Waals surface area contributed by atoms with Crippen molar-refractivity contribution >= 4 is 0 Å². The quantitative estimate of drug-likeness (QED) is 0.892. The van der Waals surface area contributed by atoms with E-state index in [0.717, 1.165) is 17.7 Å². The van der Waals surface area contributed by atoms with Gasteiger partial charge in [0.25, 0.3) is 0 Å². The van der Waals surface area contributed by atoms with E-state index in [0.29, 0.717) is 5.56 Å². The molecule has 0 aliphatic heterocycles. The van der Waals surface area contributed by atoms with E-state index in [2.05, 4.69) is 41.5 Å². The molecule has 0 bridgehead atoms. The highest BCUT2D eigenvalue weighted by atomic mass is 14.8. The first kappa shape index (κ1) is 12.3. The van der Waals surface area contributed by atoms with Crippen LogP contribution < -0.4 is 5.32 Å². The van der Waals surface area contributed by atoms with Gasteiger partial charge in [-0.15, -0.1) is 0 Å². The number of rotatable bonds is 3. The molecule has 0 amide bonds. The molecule has 1 aromatic carbocycles. The van der Waals surface area contributed by atoms with Crippen LogP contribution in [-0.4, -0.2) is 12.0 Å². The minimum absolute atomic E-state index is 0.589. The largest absolute Gasteiger partial charge is 0.316 e. The van der Waals surface area contributed by atoms with Crippen LogP contribution in [0, 0.1) is 18.3 Å². The number of benzene rings is 1. The van der Waals surface area contributed by atoms with Gasteiger partial charge < -0.3 is 5.32 Å². The van der Waals surface area contributed by atoms with Crippen molar-refractivity contribution in [2.45, 2.75) is 13.5 Å². The number of pyridine rings is 1. The van der Waals surface area contributed by atoms with Crippen molar-refractivity contribution in [2.24, 2.45) is 0 Å². The Bertz CT molecular complexity index is 597. The summed E-state index contributed by atoms with van der Waals surface area (Å²) in [6.07, 6.45) is 3.37. The molecule has 3 heteroatoms. The maximum absolute atomic E-state index is 8.89. The van der Waals surface area contributed by atoms with Gasteiger partial charge in [0.1, 0.15) is 6.07 Å². The zero-order valence-electron chi connectivity index (χ0n) is 10.6. The summed E-state index contributed by atoms with van der Waals surface area (Å²) in [6.45, 7) is 2.94. The molecule has 0 aliphatic rings. The Morgan fingerprint density at radius 2 is 2.11 bits per heavy atom. The first-order chi connectivity index (χ1) is 8.74. The van der Waals surface area contributed by atoms with Crippen LogP contribution in [-0.2, 0) is 6.54 Å². The zero-order chi connectivity index (χ0) is 13.0. The molecule has 0 atom stereocenters. The molecule has 2 aromatic rings. The van der Waals surface area contributed by atoms with E-state index in [1.165, 1.54) is 11.1 Å². The number of nitrogens with zero attached hydrogens (tertiary/aromatic N) is 2. The first-order valence-corrected chi connectivity index (χ1v) is 5.84. The second-order valence-electron chi connectivity index (χ2n) is 4.25. The molecule has 0 fully saturated rings. The Hall–Kier alpha value is -2.18. The summed E-state index contributed by atoms with van der Waals surface area (Å²) >= 11 is 0. The Kier molecular flexibility index (Phi) is 3.71. The van der Waals surface area contributed by atoms with Crippen LogP contribution in [0.4, 0.5) is 0 Å². The molecule has 0 spiro atoms. The Morgan fingerprint density at radius 1 is 1.28 bits per heavy atom. The molecular weight excluding hydrogens is 222 g/mol. The van der Waals surface area contributed by atoms with E-state index in [4.69, 9.17) is 5.26 Å². The van der Waals surface area contributed by atoms with Gasteiger partial charge in [0.15, 0.2) is 0 Å². The second kappa shape index (κ2) is 5.44. The summed E-state index contributed by atoms with van der Waals surface area (Å²) in [7, 11) is 1.93. The van der Waals surface area contributed by atoms with Crippen LogP contribution >= 0.6 is 0 Å². The molecule has 1 heterocycles. The molecule has 90 valence electrons. The van der Waals surface area contributed by atoms with Crippen LogP contribution in [0.25, 0.3) is 11.1 Å². The van der Waals surface area contributed by atoms with Gasteiger partial charge in [-0.05, 0) is 36.7 Å². The van der Waals surface area contributed by atoms with Crippen molar-refractivity contribution in [2.75, 3.05) is 7.05 Å². The summed E-state index contributed by atoms with van der Waals surface area (Å²) in [5, 5.41) is 12.0. The number of aromatic nitrogens is 1. The lowest BCUT2D eigenvalue weighted by Gasteiger charge is -2.08. The maximum atomic E-state index is 8.89. The van der Waals surface area contributed by atoms with E-state index in [-0.39, 0.29) is 0 Å². The second-order valence-corrected chi connectivity index (χ2v) is 4.25. The standard InChI is InChI=1S/C15H15N3/c1-11-5-12(8-17-2)3-4-15(11)14-6-13(7-16)9-18-10-14/h3-6,9-10,17H,8H2,1-2H3. The Balaban J connectivity index is 2.41. The van der Waals surface area contributed by atoms with Gasteiger partial charge in [-0.1, -0.05) is 18.2 Å². The van der Waals surface area contributed by atoms with E-state index >= 15 is 0 Å². The Morgan fingerprint density at radius 3 is 2.78 bits per heavy atom. The van der Waals surface area contributed by atoms with Crippen LogP contribution in [0.2, 0.25) is 0 Å². The summed E-state index contributed by atoms with van der Waals surface area (Å²) in [4.78, 5) is 4.10.